The lowest BCUT2D eigenvalue weighted by atomic mass is 10.3. The molecule has 1 aromatic rings. The fraction of sp³-hybridized carbons (Fsp3) is 0.364. The number of hydrogen-bond donors (Lipinski definition) is 2. The van der Waals surface area contributed by atoms with Gasteiger partial charge in [0, 0.05) is 0 Å². The van der Waals surface area contributed by atoms with Crippen molar-refractivity contribution in [3.63, 3.8) is 0 Å². The van der Waals surface area contributed by atoms with Gasteiger partial charge in [-0.2, -0.15) is 0 Å². The maximum Gasteiger partial charge on any atom is 0.410 e. The van der Waals surface area contributed by atoms with E-state index in [1.807, 2.05) is 0 Å². The number of hydrogen-bond acceptors (Lipinski definition) is 4. The summed E-state index contributed by atoms with van der Waals surface area (Å²) in [5, 5.41) is 11.0. The van der Waals surface area contributed by atoms with Crippen molar-refractivity contribution in [3.8, 4) is 0 Å². The average Bonchev–Trinajstić information content (AvgIpc) is 2.27. The molecule has 0 fully saturated rings. The first-order chi connectivity index (χ1) is 8.70. The molecular weight excluding hydrogens is 290 g/mol. The van der Waals surface area contributed by atoms with Gasteiger partial charge in [-0.15, -0.1) is 0 Å². The van der Waals surface area contributed by atoms with Crippen molar-refractivity contribution in [2.75, 3.05) is 5.32 Å². The normalized spacial score (nSPS) is 13.5. The summed E-state index contributed by atoms with van der Waals surface area (Å²) in [6.07, 6.45) is 0.0486. The Morgan fingerprint density at radius 3 is 2.74 bits per heavy atom. The first kappa shape index (κ1) is 15.7. The molecule has 0 bridgehead atoms. The molecule has 104 valence electrons. The molecule has 1 unspecified atom stereocenters. The van der Waals surface area contributed by atoms with Crippen molar-refractivity contribution in [1.82, 2.24) is 4.98 Å². The van der Waals surface area contributed by atoms with Crippen LogP contribution in [0.1, 0.15) is 26.5 Å². The molecule has 0 spiro atoms. The van der Waals surface area contributed by atoms with Crippen molar-refractivity contribution >= 4 is 41.1 Å². The molecule has 0 saturated carbocycles. The standard InChI is InChI=1S/C11H14ClN3O3S/c1-11(2,3)19(18)13-6-8-7(12)4-5-9(14-8)15-10(16)17/h4-6H,1-3H3,(H,14,15)(H,16,17). The molecule has 0 radical (unpaired) electrons. The first-order valence-corrected chi connectivity index (χ1v) is 6.81. The zero-order chi connectivity index (χ0) is 14.6. The van der Waals surface area contributed by atoms with Gasteiger partial charge in [0.25, 0.3) is 0 Å². The number of rotatable bonds is 3. The number of aromatic nitrogens is 1. The molecule has 1 aromatic heterocycles. The summed E-state index contributed by atoms with van der Waals surface area (Å²) < 4.78 is 15.1. The number of anilines is 1. The van der Waals surface area contributed by atoms with E-state index in [0.29, 0.717) is 5.02 Å². The maximum absolute atomic E-state index is 11.7. The smallest absolute Gasteiger partial charge is 0.410 e. The predicted molar refractivity (Wildman–Crippen MR) is 76.4 cm³/mol. The molecule has 1 atom stereocenters. The Balaban J connectivity index is 2.94. The van der Waals surface area contributed by atoms with Crippen LogP contribution in [0.3, 0.4) is 0 Å². The molecule has 19 heavy (non-hydrogen) atoms. The molecule has 0 aromatic carbocycles. The number of halogens is 1. The minimum absolute atomic E-state index is 0.125. The molecule has 0 saturated heterocycles. The summed E-state index contributed by atoms with van der Waals surface area (Å²) in [6, 6.07) is 2.91. The Hall–Kier alpha value is -1.31. The molecular formula is C11H14ClN3O3S. The maximum atomic E-state index is 11.7. The summed E-state index contributed by atoms with van der Waals surface area (Å²) in [7, 11) is 0. The summed E-state index contributed by atoms with van der Waals surface area (Å²) >= 11 is 4.47. The summed E-state index contributed by atoms with van der Waals surface area (Å²) in [4.78, 5) is 14.5. The number of carboxylic acid groups (broad SMARTS) is 1. The highest BCUT2D eigenvalue weighted by atomic mass is 35.5. The Morgan fingerprint density at radius 2 is 2.21 bits per heavy atom. The van der Waals surface area contributed by atoms with Gasteiger partial charge in [0.2, 0.25) is 0 Å². The second kappa shape index (κ2) is 6.23. The van der Waals surface area contributed by atoms with Gasteiger partial charge in [-0.3, -0.25) is 5.32 Å². The van der Waals surface area contributed by atoms with E-state index in [9.17, 15) is 9.35 Å². The highest BCUT2D eigenvalue weighted by Gasteiger charge is 2.26. The Kier molecular flexibility index (Phi) is 5.16. The van der Waals surface area contributed by atoms with Gasteiger partial charge in [-0.05, 0) is 32.9 Å². The number of pyridine rings is 1. The second-order valence-electron chi connectivity index (χ2n) is 4.59. The van der Waals surface area contributed by atoms with Crippen LogP contribution in [-0.4, -0.2) is 31.7 Å². The van der Waals surface area contributed by atoms with Gasteiger partial charge in [0.05, 0.1) is 5.02 Å². The lowest BCUT2D eigenvalue weighted by molar-refractivity contribution is 0.209. The van der Waals surface area contributed by atoms with Gasteiger partial charge in [-0.1, -0.05) is 16.0 Å². The zero-order valence-corrected chi connectivity index (χ0v) is 12.2. The van der Waals surface area contributed by atoms with Crippen LogP contribution in [0.2, 0.25) is 5.02 Å². The summed E-state index contributed by atoms with van der Waals surface area (Å²) in [5.74, 6) is 0.125. The topological polar surface area (TPSA) is 97.6 Å². The average molecular weight is 304 g/mol. The quantitative estimate of drug-likeness (QED) is 0.662. The van der Waals surface area contributed by atoms with Gasteiger partial charge < -0.3 is 9.66 Å². The van der Waals surface area contributed by atoms with Crippen LogP contribution in [-0.2, 0) is 11.4 Å². The molecule has 8 heteroatoms. The van der Waals surface area contributed by atoms with Crippen LogP contribution >= 0.6 is 11.6 Å². The molecule has 2 N–H and O–H groups in total. The second-order valence-corrected chi connectivity index (χ2v) is 6.93. The van der Waals surface area contributed by atoms with E-state index < -0.39 is 22.2 Å². The lowest BCUT2D eigenvalue weighted by Gasteiger charge is -2.17. The van der Waals surface area contributed by atoms with E-state index in [-0.39, 0.29) is 11.5 Å². The molecule has 0 aliphatic carbocycles. The largest absolute Gasteiger partial charge is 0.591 e. The minimum Gasteiger partial charge on any atom is -0.591 e. The van der Waals surface area contributed by atoms with Crippen molar-refractivity contribution < 1.29 is 14.5 Å². The van der Waals surface area contributed by atoms with Crippen molar-refractivity contribution in [3.05, 3.63) is 22.8 Å². The Morgan fingerprint density at radius 1 is 1.58 bits per heavy atom. The van der Waals surface area contributed by atoms with Crippen molar-refractivity contribution in [2.45, 2.75) is 25.5 Å². The molecule has 6 nitrogen and oxygen atoms in total. The van der Waals surface area contributed by atoms with E-state index in [4.69, 9.17) is 16.7 Å². The third-order valence-corrected chi connectivity index (χ3v) is 3.57. The molecule has 1 heterocycles. The van der Waals surface area contributed by atoms with Gasteiger partial charge in [0.1, 0.15) is 33.8 Å². The molecule has 0 aliphatic rings. The van der Waals surface area contributed by atoms with Gasteiger partial charge in [-0.25, -0.2) is 9.78 Å². The fourth-order valence-electron chi connectivity index (χ4n) is 0.984. The van der Waals surface area contributed by atoms with Crippen molar-refractivity contribution in [1.29, 1.82) is 0 Å². The highest BCUT2D eigenvalue weighted by Crippen LogP contribution is 2.19. The van der Waals surface area contributed by atoms with E-state index in [1.165, 1.54) is 18.3 Å². The highest BCUT2D eigenvalue weighted by molar-refractivity contribution is 7.91. The van der Waals surface area contributed by atoms with E-state index in [2.05, 4.69) is 14.7 Å². The van der Waals surface area contributed by atoms with Crippen LogP contribution < -0.4 is 5.32 Å². The van der Waals surface area contributed by atoms with E-state index in [0.717, 1.165) is 0 Å². The van der Waals surface area contributed by atoms with Crippen LogP contribution in [0.25, 0.3) is 0 Å². The molecule has 1 rings (SSSR count). The van der Waals surface area contributed by atoms with Gasteiger partial charge >= 0.3 is 6.09 Å². The van der Waals surface area contributed by atoms with E-state index >= 15 is 0 Å². The predicted octanol–water partition coefficient (Wildman–Crippen LogP) is 2.71. The fourth-order valence-corrected chi connectivity index (χ4v) is 1.65. The first-order valence-electron chi connectivity index (χ1n) is 5.32. The SMILES string of the molecule is CC(C)(C)[S+]([O-])N=Cc1nc(NC(=O)O)ccc1Cl. The third kappa shape index (κ3) is 5.06. The van der Waals surface area contributed by atoms with Crippen LogP contribution in [0.4, 0.5) is 10.6 Å². The monoisotopic (exact) mass is 303 g/mol. The number of nitrogens with zero attached hydrogens (tertiary/aromatic N) is 2. The van der Waals surface area contributed by atoms with Crippen LogP contribution in [0.15, 0.2) is 16.5 Å². The third-order valence-electron chi connectivity index (χ3n) is 1.90. The van der Waals surface area contributed by atoms with Crippen LogP contribution in [0, 0.1) is 0 Å². The number of amides is 1. The summed E-state index contributed by atoms with van der Waals surface area (Å²) in [5.41, 5.74) is 0.255. The Bertz CT molecular complexity index is 502. The zero-order valence-electron chi connectivity index (χ0n) is 10.7. The van der Waals surface area contributed by atoms with Gasteiger partial charge in [0.15, 0.2) is 0 Å². The minimum atomic E-state index is -1.43. The van der Waals surface area contributed by atoms with Crippen molar-refractivity contribution in [2.24, 2.45) is 4.40 Å². The molecule has 1 amide bonds. The lowest BCUT2D eigenvalue weighted by Crippen LogP contribution is -2.25. The number of nitrogens with one attached hydrogen (secondary N) is 1. The molecule has 0 aliphatic heterocycles. The van der Waals surface area contributed by atoms with Crippen LogP contribution in [0.5, 0.6) is 0 Å². The summed E-state index contributed by atoms with van der Waals surface area (Å²) in [6.45, 7) is 5.37. The van der Waals surface area contributed by atoms with E-state index in [1.54, 1.807) is 20.8 Å². The number of carbonyl (C=O) groups is 1. The Labute approximate surface area is 119 Å².